The van der Waals surface area contributed by atoms with Gasteiger partial charge in [0.05, 0.1) is 0 Å². The van der Waals surface area contributed by atoms with Crippen LogP contribution < -0.4 is 0 Å². The summed E-state index contributed by atoms with van der Waals surface area (Å²) in [6, 6.07) is 0. The number of hydrogen-bond acceptors (Lipinski definition) is 1. The Hall–Kier alpha value is -0.0400. The Morgan fingerprint density at radius 1 is 0.163 bits per heavy atom. The minimum atomic E-state index is 0.998. The van der Waals surface area contributed by atoms with E-state index >= 15 is 0 Å². The average Bonchev–Trinajstić information content (AvgIpc) is 3.11. The third-order valence-corrected chi connectivity index (χ3v) is 11.3. The summed E-state index contributed by atoms with van der Waals surface area (Å²) in [6.45, 7) is 6.61. The minimum Gasteiger partial charge on any atom is -0.381 e. The lowest BCUT2D eigenvalue weighted by Gasteiger charge is -2.06. The minimum absolute atomic E-state index is 0.998. The molecule has 1 heteroatoms. The third-order valence-electron chi connectivity index (χ3n) is 11.3. The van der Waals surface area contributed by atoms with Gasteiger partial charge in [0.15, 0.2) is 0 Å². The molecule has 0 atom stereocenters. The highest BCUT2D eigenvalue weighted by molar-refractivity contribution is 4.53. The van der Waals surface area contributed by atoms with E-state index in [4.69, 9.17) is 4.74 Å². The summed E-state index contributed by atoms with van der Waals surface area (Å²) >= 11 is 0. The summed E-state index contributed by atoms with van der Waals surface area (Å²) in [6.07, 6.45) is 64.0. The smallest absolute Gasteiger partial charge is 0.0466 e. The second kappa shape index (κ2) is 48.0. The lowest BCUT2D eigenvalue weighted by molar-refractivity contribution is 0.125. The highest BCUT2D eigenvalue weighted by atomic mass is 16.5. The molecule has 0 rings (SSSR count). The predicted molar refractivity (Wildman–Crippen MR) is 225 cm³/mol. The van der Waals surface area contributed by atoms with E-state index in [2.05, 4.69) is 13.8 Å². The Morgan fingerprint density at radius 3 is 0.429 bits per heavy atom. The van der Waals surface area contributed by atoms with E-state index in [-0.39, 0.29) is 0 Å². The van der Waals surface area contributed by atoms with E-state index in [1.54, 1.807) is 0 Å². The molecule has 49 heavy (non-hydrogen) atoms. The van der Waals surface area contributed by atoms with Crippen molar-refractivity contribution in [1.82, 2.24) is 0 Å². The lowest BCUT2D eigenvalue weighted by atomic mass is 10.0. The van der Waals surface area contributed by atoms with Gasteiger partial charge in [-0.25, -0.2) is 0 Å². The van der Waals surface area contributed by atoms with Crippen LogP contribution in [-0.2, 0) is 4.74 Å². The van der Waals surface area contributed by atoms with Crippen LogP contribution in [0.4, 0.5) is 0 Å². The normalized spacial score (nSPS) is 11.6. The van der Waals surface area contributed by atoms with Gasteiger partial charge >= 0.3 is 0 Å². The second-order valence-electron chi connectivity index (χ2n) is 16.5. The SMILES string of the molecule is CCCCCCCCCCCCCCCCCCCCCCCCCCCCOCCCCCCCCCCCCCCCCCCCC. The molecular weight excluding hydrogens is 593 g/mol. The van der Waals surface area contributed by atoms with Gasteiger partial charge in [0.2, 0.25) is 0 Å². The quantitative estimate of drug-likeness (QED) is 0.0578. The zero-order valence-electron chi connectivity index (χ0n) is 34.9. The zero-order chi connectivity index (χ0) is 35.2. The largest absolute Gasteiger partial charge is 0.381 e. The first-order valence-electron chi connectivity index (χ1n) is 24.0. The van der Waals surface area contributed by atoms with Gasteiger partial charge in [-0.1, -0.05) is 284 Å². The van der Waals surface area contributed by atoms with Gasteiger partial charge in [-0.2, -0.15) is 0 Å². The van der Waals surface area contributed by atoms with Crippen LogP contribution in [0.2, 0.25) is 0 Å². The highest BCUT2D eigenvalue weighted by Crippen LogP contribution is 2.17. The summed E-state index contributed by atoms with van der Waals surface area (Å²) in [5.74, 6) is 0. The van der Waals surface area contributed by atoms with E-state index in [9.17, 15) is 0 Å². The van der Waals surface area contributed by atoms with Crippen LogP contribution in [0, 0.1) is 0 Å². The summed E-state index contributed by atoms with van der Waals surface area (Å²) < 4.78 is 5.92. The van der Waals surface area contributed by atoms with Crippen molar-refractivity contribution in [1.29, 1.82) is 0 Å². The van der Waals surface area contributed by atoms with Crippen molar-refractivity contribution in [3.63, 3.8) is 0 Å². The van der Waals surface area contributed by atoms with E-state index < -0.39 is 0 Å². The van der Waals surface area contributed by atoms with Crippen molar-refractivity contribution >= 4 is 0 Å². The first-order chi connectivity index (χ1) is 24.4. The number of hydrogen-bond donors (Lipinski definition) is 0. The van der Waals surface area contributed by atoms with Gasteiger partial charge in [-0.15, -0.1) is 0 Å². The second-order valence-corrected chi connectivity index (χ2v) is 16.5. The molecule has 296 valence electrons. The van der Waals surface area contributed by atoms with E-state index in [1.165, 1.54) is 283 Å². The Balaban J connectivity index is 3.04. The van der Waals surface area contributed by atoms with Crippen LogP contribution in [-0.4, -0.2) is 13.2 Å². The molecule has 0 aromatic rings. The third kappa shape index (κ3) is 48.0. The monoisotopic (exact) mass is 691 g/mol. The number of unbranched alkanes of at least 4 members (excludes halogenated alkanes) is 42. The first-order valence-corrected chi connectivity index (χ1v) is 24.0. The van der Waals surface area contributed by atoms with Crippen LogP contribution in [0.3, 0.4) is 0 Å². The van der Waals surface area contributed by atoms with Crippen molar-refractivity contribution in [3.8, 4) is 0 Å². The summed E-state index contributed by atoms with van der Waals surface area (Å²) in [4.78, 5) is 0. The van der Waals surface area contributed by atoms with E-state index in [0.29, 0.717) is 0 Å². The zero-order valence-corrected chi connectivity index (χ0v) is 34.9. The highest BCUT2D eigenvalue weighted by Gasteiger charge is 1.98. The van der Waals surface area contributed by atoms with Crippen molar-refractivity contribution < 1.29 is 4.74 Å². The van der Waals surface area contributed by atoms with Crippen molar-refractivity contribution in [2.45, 2.75) is 296 Å². The Morgan fingerprint density at radius 2 is 0.286 bits per heavy atom. The maximum absolute atomic E-state index is 5.92. The molecule has 0 saturated carbocycles. The molecule has 0 aliphatic heterocycles. The standard InChI is InChI=1S/C48H98O/c1-3-5-7-9-11-13-15-17-19-21-23-24-25-26-27-28-29-30-32-34-36-38-40-42-44-46-48-49-47-45-43-41-39-37-35-33-31-22-20-18-16-14-12-10-8-6-4-2/h3-48H2,1-2H3. The molecule has 0 radical (unpaired) electrons. The molecule has 0 amide bonds. The van der Waals surface area contributed by atoms with Crippen molar-refractivity contribution in [2.24, 2.45) is 0 Å². The molecule has 0 N–H and O–H groups in total. The molecule has 0 heterocycles. The van der Waals surface area contributed by atoms with Crippen LogP contribution in [0.25, 0.3) is 0 Å². The molecule has 0 spiro atoms. The molecule has 0 aliphatic rings. The van der Waals surface area contributed by atoms with E-state index in [0.717, 1.165) is 13.2 Å². The number of ether oxygens (including phenoxy) is 1. The van der Waals surface area contributed by atoms with Gasteiger partial charge < -0.3 is 4.74 Å². The van der Waals surface area contributed by atoms with Gasteiger partial charge in [-0.05, 0) is 12.8 Å². The fourth-order valence-electron chi connectivity index (χ4n) is 7.73. The Kier molecular flexibility index (Phi) is 47.9. The molecule has 0 unspecified atom stereocenters. The Bertz CT molecular complexity index is 483. The van der Waals surface area contributed by atoms with Crippen LogP contribution in [0.5, 0.6) is 0 Å². The first kappa shape index (κ1) is 49.0. The molecule has 0 saturated heterocycles. The fraction of sp³-hybridized carbons (Fsp3) is 1.00. The topological polar surface area (TPSA) is 9.23 Å². The van der Waals surface area contributed by atoms with Crippen LogP contribution in [0.15, 0.2) is 0 Å². The van der Waals surface area contributed by atoms with Crippen LogP contribution in [0.1, 0.15) is 296 Å². The van der Waals surface area contributed by atoms with Gasteiger partial charge in [-0.3, -0.25) is 0 Å². The van der Waals surface area contributed by atoms with Gasteiger partial charge in [0, 0.05) is 13.2 Å². The van der Waals surface area contributed by atoms with Gasteiger partial charge in [0.25, 0.3) is 0 Å². The summed E-state index contributed by atoms with van der Waals surface area (Å²) in [7, 11) is 0. The van der Waals surface area contributed by atoms with Crippen molar-refractivity contribution in [2.75, 3.05) is 13.2 Å². The molecular formula is C48H98O. The van der Waals surface area contributed by atoms with E-state index in [1.807, 2.05) is 0 Å². The maximum Gasteiger partial charge on any atom is 0.0466 e. The predicted octanol–water partition coefficient (Wildman–Crippen LogP) is 18.2. The molecule has 0 aromatic carbocycles. The summed E-state index contributed by atoms with van der Waals surface area (Å²) in [5, 5.41) is 0. The van der Waals surface area contributed by atoms with Crippen LogP contribution >= 0.6 is 0 Å². The average molecular weight is 691 g/mol. The molecule has 0 aliphatic carbocycles. The molecule has 0 aromatic heterocycles. The van der Waals surface area contributed by atoms with Gasteiger partial charge in [0.1, 0.15) is 0 Å². The molecule has 0 fully saturated rings. The molecule has 1 nitrogen and oxygen atoms in total. The summed E-state index contributed by atoms with van der Waals surface area (Å²) in [5.41, 5.74) is 0. The maximum atomic E-state index is 5.92. The molecule has 0 bridgehead atoms. The van der Waals surface area contributed by atoms with Crippen molar-refractivity contribution in [3.05, 3.63) is 0 Å². The Labute approximate surface area is 313 Å². The number of rotatable bonds is 46. The lowest BCUT2D eigenvalue weighted by Crippen LogP contribution is -1.97. The fourth-order valence-corrected chi connectivity index (χ4v) is 7.73.